The number of rotatable bonds is 4. The molecule has 1 saturated heterocycles. The Labute approximate surface area is 97.0 Å². The van der Waals surface area contributed by atoms with Crippen LogP contribution in [-0.4, -0.2) is 37.5 Å². The zero-order valence-corrected chi connectivity index (χ0v) is 10.6. The molecule has 0 aromatic rings. The summed E-state index contributed by atoms with van der Waals surface area (Å²) in [4.78, 5) is 15.4. The van der Waals surface area contributed by atoms with Crippen molar-refractivity contribution in [1.29, 1.82) is 0 Å². The van der Waals surface area contributed by atoms with Crippen LogP contribution >= 0.6 is 0 Å². The average molecular weight is 227 g/mol. The summed E-state index contributed by atoms with van der Waals surface area (Å²) in [6.45, 7) is 9.37. The standard InChI is InChI=1S/C12H21NO3/c1-11(2,3)16-10(14)7-13-6-5-12(4)8-15-9-12/h6H,5,7-9H2,1-4H3. The number of carbonyl (C=O) groups excluding carboxylic acids is 1. The van der Waals surface area contributed by atoms with Crippen molar-refractivity contribution < 1.29 is 14.3 Å². The summed E-state index contributed by atoms with van der Waals surface area (Å²) in [7, 11) is 0. The van der Waals surface area contributed by atoms with Gasteiger partial charge in [-0.25, -0.2) is 0 Å². The van der Waals surface area contributed by atoms with Gasteiger partial charge in [0.25, 0.3) is 0 Å². The Morgan fingerprint density at radius 3 is 2.56 bits per heavy atom. The van der Waals surface area contributed by atoms with Crippen LogP contribution in [0.4, 0.5) is 0 Å². The average Bonchev–Trinajstić information content (AvgIpc) is 2.06. The number of hydrogen-bond donors (Lipinski definition) is 0. The first-order chi connectivity index (χ1) is 7.31. The monoisotopic (exact) mass is 227 g/mol. The van der Waals surface area contributed by atoms with Gasteiger partial charge in [0, 0.05) is 11.6 Å². The summed E-state index contributed by atoms with van der Waals surface area (Å²) in [5.74, 6) is -0.279. The van der Waals surface area contributed by atoms with Crippen molar-refractivity contribution in [3.05, 3.63) is 0 Å². The van der Waals surface area contributed by atoms with Crippen molar-refractivity contribution in [2.24, 2.45) is 10.4 Å². The summed E-state index contributed by atoms with van der Waals surface area (Å²) in [6.07, 6.45) is 2.65. The van der Waals surface area contributed by atoms with Gasteiger partial charge in [-0.05, 0) is 27.2 Å². The Bertz CT molecular complexity index is 274. The lowest BCUT2D eigenvalue weighted by Gasteiger charge is -2.36. The molecule has 0 amide bonds. The highest BCUT2D eigenvalue weighted by molar-refractivity contribution is 5.74. The number of esters is 1. The predicted molar refractivity (Wildman–Crippen MR) is 62.7 cm³/mol. The molecule has 1 aliphatic heterocycles. The fourth-order valence-corrected chi connectivity index (χ4v) is 1.37. The third-order valence-corrected chi connectivity index (χ3v) is 2.25. The predicted octanol–water partition coefficient (Wildman–Crippen LogP) is 1.83. The van der Waals surface area contributed by atoms with E-state index in [-0.39, 0.29) is 17.9 Å². The van der Waals surface area contributed by atoms with Gasteiger partial charge in [-0.3, -0.25) is 9.79 Å². The van der Waals surface area contributed by atoms with Gasteiger partial charge in [-0.15, -0.1) is 0 Å². The molecule has 92 valence electrons. The van der Waals surface area contributed by atoms with E-state index in [1.807, 2.05) is 20.8 Å². The molecule has 0 bridgehead atoms. The highest BCUT2D eigenvalue weighted by Crippen LogP contribution is 2.29. The molecule has 4 nitrogen and oxygen atoms in total. The minimum atomic E-state index is -0.430. The Morgan fingerprint density at radius 2 is 2.12 bits per heavy atom. The fourth-order valence-electron chi connectivity index (χ4n) is 1.37. The lowest BCUT2D eigenvalue weighted by atomic mass is 9.86. The Kier molecular flexibility index (Phi) is 4.08. The second kappa shape index (κ2) is 4.95. The highest BCUT2D eigenvalue weighted by atomic mass is 16.6. The molecule has 0 aromatic carbocycles. The number of aliphatic imine (C=N–C) groups is 1. The normalized spacial score (nSPS) is 19.5. The molecule has 4 heteroatoms. The summed E-state index contributed by atoms with van der Waals surface area (Å²) >= 11 is 0. The van der Waals surface area contributed by atoms with Gasteiger partial charge < -0.3 is 9.47 Å². The van der Waals surface area contributed by atoms with Crippen LogP contribution in [0.15, 0.2) is 4.99 Å². The summed E-state index contributed by atoms with van der Waals surface area (Å²) in [5, 5.41) is 0. The molecule has 1 fully saturated rings. The van der Waals surface area contributed by atoms with E-state index in [9.17, 15) is 4.79 Å². The number of ether oxygens (including phenoxy) is 2. The minimum Gasteiger partial charge on any atom is -0.459 e. The van der Waals surface area contributed by atoms with Crippen LogP contribution in [-0.2, 0) is 14.3 Å². The maximum absolute atomic E-state index is 11.3. The van der Waals surface area contributed by atoms with Crippen molar-refractivity contribution in [2.75, 3.05) is 19.8 Å². The molecule has 1 heterocycles. The quantitative estimate of drug-likeness (QED) is 0.543. The van der Waals surface area contributed by atoms with Crippen LogP contribution in [0.1, 0.15) is 34.1 Å². The molecular formula is C12H21NO3. The van der Waals surface area contributed by atoms with E-state index in [0.29, 0.717) is 0 Å². The third-order valence-electron chi connectivity index (χ3n) is 2.25. The molecule has 0 spiro atoms. The van der Waals surface area contributed by atoms with Gasteiger partial charge >= 0.3 is 5.97 Å². The zero-order valence-electron chi connectivity index (χ0n) is 10.6. The smallest absolute Gasteiger partial charge is 0.328 e. The molecule has 0 aliphatic carbocycles. The van der Waals surface area contributed by atoms with Gasteiger partial charge in [0.2, 0.25) is 0 Å². The first-order valence-electron chi connectivity index (χ1n) is 5.59. The number of carbonyl (C=O) groups is 1. The minimum absolute atomic E-state index is 0.105. The van der Waals surface area contributed by atoms with Crippen molar-refractivity contribution in [2.45, 2.75) is 39.7 Å². The second-order valence-electron chi connectivity index (χ2n) is 5.62. The van der Waals surface area contributed by atoms with Crippen molar-refractivity contribution in [3.63, 3.8) is 0 Å². The van der Waals surface area contributed by atoms with Gasteiger partial charge in [-0.2, -0.15) is 0 Å². The zero-order chi connectivity index (χ0) is 12.2. The lowest BCUT2D eigenvalue weighted by molar-refractivity contribution is -0.152. The molecule has 16 heavy (non-hydrogen) atoms. The van der Waals surface area contributed by atoms with Crippen LogP contribution < -0.4 is 0 Å². The third kappa shape index (κ3) is 4.75. The number of nitrogens with zero attached hydrogens (tertiary/aromatic N) is 1. The molecule has 0 atom stereocenters. The van der Waals surface area contributed by atoms with Gasteiger partial charge in [0.15, 0.2) is 0 Å². The first kappa shape index (κ1) is 13.2. The van der Waals surface area contributed by atoms with E-state index >= 15 is 0 Å². The van der Waals surface area contributed by atoms with E-state index in [0.717, 1.165) is 19.6 Å². The van der Waals surface area contributed by atoms with E-state index in [1.165, 1.54) is 0 Å². The molecule has 1 aliphatic rings. The Morgan fingerprint density at radius 1 is 1.50 bits per heavy atom. The van der Waals surface area contributed by atoms with Crippen LogP contribution in [0.2, 0.25) is 0 Å². The van der Waals surface area contributed by atoms with E-state index in [1.54, 1.807) is 6.21 Å². The lowest BCUT2D eigenvalue weighted by Crippen LogP contribution is -2.39. The maximum Gasteiger partial charge on any atom is 0.328 e. The van der Waals surface area contributed by atoms with Crippen LogP contribution in [0.3, 0.4) is 0 Å². The summed E-state index contributed by atoms with van der Waals surface area (Å²) in [6, 6.07) is 0. The second-order valence-corrected chi connectivity index (χ2v) is 5.62. The Balaban J connectivity index is 2.18. The molecule has 0 unspecified atom stereocenters. The van der Waals surface area contributed by atoms with Gasteiger partial charge in [0.1, 0.15) is 12.1 Å². The van der Waals surface area contributed by atoms with Crippen molar-refractivity contribution in [3.8, 4) is 0 Å². The molecular weight excluding hydrogens is 206 g/mol. The van der Waals surface area contributed by atoms with Gasteiger partial charge in [-0.1, -0.05) is 6.92 Å². The van der Waals surface area contributed by atoms with Crippen molar-refractivity contribution >= 4 is 12.2 Å². The van der Waals surface area contributed by atoms with Crippen LogP contribution in [0, 0.1) is 5.41 Å². The highest BCUT2D eigenvalue weighted by Gasteiger charge is 2.32. The molecule has 0 radical (unpaired) electrons. The van der Waals surface area contributed by atoms with Crippen molar-refractivity contribution in [1.82, 2.24) is 0 Å². The molecule has 1 rings (SSSR count). The maximum atomic E-state index is 11.3. The van der Waals surface area contributed by atoms with E-state index in [2.05, 4.69) is 11.9 Å². The topological polar surface area (TPSA) is 47.9 Å². The molecule has 0 aromatic heterocycles. The number of hydrogen-bond acceptors (Lipinski definition) is 4. The van der Waals surface area contributed by atoms with E-state index in [4.69, 9.17) is 9.47 Å². The SMILES string of the molecule is CC1(CC=NCC(=O)OC(C)(C)C)COC1. The summed E-state index contributed by atoms with van der Waals surface area (Å²) < 4.78 is 10.3. The fraction of sp³-hybridized carbons (Fsp3) is 0.833. The van der Waals surface area contributed by atoms with Gasteiger partial charge in [0.05, 0.1) is 13.2 Å². The molecule has 0 saturated carbocycles. The molecule has 0 N–H and O–H groups in total. The van der Waals surface area contributed by atoms with E-state index < -0.39 is 5.60 Å². The van der Waals surface area contributed by atoms with Crippen LogP contribution in [0.25, 0.3) is 0 Å². The largest absolute Gasteiger partial charge is 0.459 e. The van der Waals surface area contributed by atoms with Crippen LogP contribution in [0.5, 0.6) is 0 Å². The summed E-state index contributed by atoms with van der Waals surface area (Å²) in [5.41, 5.74) is -0.210. The Hall–Kier alpha value is -0.900. The first-order valence-corrected chi connectivity index (χ1v) is 5.59.